The van der Waals surface area contributed by atoms with Gasteiger partial charge in [0, 0.05) is 26.5 Å². The number of carbonyl (C=O) groups is 4. The molecule has 1 aliphatic heterocycles. The number of nitrogens with zero attached hydrogens (tertiary/aromatic N) is 1. The van der Waals surface area contributed by atoms with Crippen LogP contribution in [0.1, 0.15) is 18.4 Å². The first kappa shape index (κ1) is 28.0. The van der Waals surface area contributed by atoms with Crippen LogP contribution < -0.4 is 15.5 Å². The van der Waals surface area contributed by atoms with Gasteiger partial charge in [0.25, 0.3) is 5.91 Å². The minimum atomic E-state index is -0.928. The number of allylic oxidation sites excluding steroid dienone is 1. The molecule has 0 aliphatic carbocycles. The molecule has 2 N–H and O–H groups in total. The van der Waals surface area contributed by atoms with Crippen molar-refractivity contribution < 1.29 is 28.3 Å². The second-order valence-electron chi connectivity index (χ2n) is 8.23. The van der Waals surface area contributed by atoms with Gasteiger partial charge >= 0.3 is 17.8 Å². The highest BCUT2D eigenvalue weighted by Gasteiger charge is 2.38. The van der Waals surface area contributed by atoms with E-state index >= 15 is 0 Å². The van der Waals surface area contributed by atoms with Crippen LogP contribution in [0.3, 0.4) is 0 Å². The second-order valence-corrected chi connectivity index (χ2v) is 9.54. The van der Waals surface area contributed by atoms with E-state index in [0.29, 0.717) is 32.2 Å². The van der Waals surface area contributed by atoms with Crippen LogP contribution in [0, 0.1) is 0 Å². The molecule has 0 saturated carbocycles. The number of amides is 3. The Kier molecular flexibility index (Phi) is 8.44. The molecule has 2 heterocycles. The third-order valence-electron chi connectivity index (χ3n) is 5.57. The number of rotatable bonds is 6. The molecule has 39 heavy (non-hydrogen) atoms. The Morgan fingerprint density at radius 1 is 0.974 bits per heavy atom. The van der Waals surface area contributed by atoms with Crippen LogP contribution in [0.15, 0.2) is 75.9 Å². The largest absolute Gasteiger partial charge is 0.465 e. The number of nitrogens with one attached hydrogen (secondary N) is 2. The van der Waals surface area contributed by atoms with Gasteiger partial charge < -0.3 is 19.8 Å². The summed E-state index contributed by atoms with van der Waals surface area (Å²) in [5.41, 5.74) is 1.25. The van der Waals surface area contributed by atoms with Crippen molar-refractivity contribution in [3.8, 4) is 0 Å². The van der Waals surface area contributed by atoms with Crippen molar-refractivity contribution in [1.82, 2.24) is 5.32 Å². The Balaban J connectivity index is 1.49. The lowest BCUT2D eigenvalue weighted by Crippen LogP contribution is -2.34. The van der Waals surface area contributed by atoms with Crippen molar-refractivity contribution >= 4 is 75.9 Å². The summed E-state index contributed by atoms with van der Waals surface area (Å²) in [6.07, 6.45) is 1.41. The molecule has 0 bridgehead atoms. The lowest BCUT2D eigenvalue weighted by atomic mass is 10.1. The molecule has 200 valence electrons. The van der Waals surface area contributed by atoms with E-state index in [1.54, 1.807) is 43.3 Å². The van der Waals surface area contributed by atoms with Gasteiger partial charge in [-0.3, -0.25) is 19.3 Å². The standard InChI is InChI=1S/C27H20Cl3N3O6/c1-14-23(27(37)38-2)22(26(36)33(14)19-5-3-4-15(28)11-19)12-20-6-7-21(39-20)13-31-24(34)25(35)32-18-9-16(29)8-17(30)10-18/h3-12H,13H2,1-2H3,(H,31,34)(H,32,35)/b22-12+. The number of ether oxygens (including phenoxy) is 1. The van der Waals surface area contributed by atoms with E-state index in [1.807, 2.05) is 0 Å². The van der Waals surface area contributed by atoms with Gasteiger partial charge in [-0.15, -0.1) is 0 Å². The zero-order valence-electron chi connectivity index (χ0n) is 20.5. The summed E-state index contributed by atoms with van der Waals surface area (Å²) in [6.45, 7) is 1.50. The summed E-state index contributed by atoms with van der Waals surface area (Å²) in [4.78, 5) is 51.7. The van der Waals surface area contributed by atoms with Crippen LogP contribution in [-0.2, 0) is 30.5 Å². The number of hydrogen-bond acceptors (Lipinski definition) is 6. The third kappa shape index (κ3) is 6.34. The average Bonchev–Trinajstić information content (AvgIpc) is 3.42. The van der Waals surface area contributed by atoms with Crippen molar-refractivity contribution in [2.75, 3.05) is 17.3 Å². The van der Waals surface area contributed by atoms with Gasteiger partial charge in [-0.1, -0.05) is 40.9 Å². The predicted molar refractivity (Wildman–Crippen MR) is 147 cm³/mol. The summed E-state index contributed by atoms with van der Waals surface area (Å²) in [6, 6.07) is 14.1. The maximum absolute atomic E-state index is 13.4. The van der Waals surface area contributed by atoms with Crippen LogP contribution >= 0.6 is 34.8 Å². The molecule has 0 atom stereocenters. The van der Waals surface area contributed by atoms with Gasteiger partial charge in [0.1, 0.15) is 11.5 Å². The normalized spacial score (nSPS) is 14.1. The summed E-state index contributed by atoms with van der Waals surface area (Å²) in [7, 11) is 1.22. The number of esters is 1. The molecule has 0 spiro atoms. The molecule has 3 aromatic rings. The van der Waals surface area contributed by atoms with Crippen molar-refractivity contribution in [2.24, 2.45) is 0 Å². The fraction of sp³-hybridized carbons (Fsp3) is 0.111. The first-order chi connectivity index (χ1) is 18.6. The maximum atomic E-state index is 13.4. The van der Waals surface area contributed by atoms with Crippen molar-refractivity contribution in [2.45, 2.75) is 13.5 Å². The Morgan fingerprint density at radius 2 is 1.69 bits per heavy atom. The van der Waals surface area contributed by atoms with Crippen molar-refractivity contribution in [1.29, 1.82) is 0 Å². The first-order valence-corrected chi connectivity index (χ1v) is 12.5. The van der Waals surface area contributed by atoms with Crippen molar-refractivity contribution in [3.05, 3.63) is 98.0 Å². The number of benzene rings is 2. The second kappa shape index (κ2) is 11.8. The van der Waals surface area contributed by atoms with Gasteiger partial charge in [0.2, 0.25) is 0 Å². The SMILES string of the molecule is COC(=O)C1=C(C)N(c2cccc(Cl)c2)C(=O)/C1=C/c1ccc(CNC(=O)C(=O)Nc2cc(Cl)cc(Cl)c2)o1. The molecule has 9 nitrogen and oxygen atoms in total. The molecule has 2 aromatic carbocycles. The van der Waals surface area contributed by atoms with E-state index in [1.165, 1.54) is 36.3 Å². The summed E-state index contributed by atoms with van der Waals surface area (Å²) < 4.78 is 10.6. The molecule has 12 heteroatoms. The summed E-state index contributed by atoms with van der Waals surface area (Å²) >= 11 is 17.9. The lowest BCUT2D eigenvalue weighted by molar-refractivity contribution is -0.136. The van der Waals surface area contributed by atoms with Crippen LogP contribution in [0.25, 0.3) is 6.08 Å². The molecule has 1 aliphatic rings. The van der Waals surface area contributed by atoms with Crippen molar-refractivity contribution in [3.63, 3.8) is 0 Å². The van der Waals surface area contributed by atoms with E-state index in [4.69, 9.17) is 44.0 Å². The van der Waals surface area contributed by atoms with E-state index in [-0.39, 0.29) is 29.1 Å². The van der Waals surface area contributed by atoms with E-state index in [2.05, 4.69) is 10.6 Å². The fourth-order valence-corrected chi connectivity index (χ4v) is 4.59. The van der Waals surface area contributed by atoms with E-state index in [9.17, 15) is 19.2 Å². The Bertz CT molecular complexity index is 1540. The number of halogens is 3. The highest BCUT2D eigenvalue weighted by molar-refractivity contribution is 6.40. The molecular formula is C27H20Cl3N3O6. The molecule has 0 saturated heterocycles. The molecular weight excluding hydrogens is 569 g/mol. The van der Waals surface area contributed by atoms with E-state index < -0.39 is 23.7 Å². The minimum absolute atomic E-state index is 0.0591. The number of furan rings is 1. The topological polar surface area (TPSA) is 118 Å². The van der Waals surface area contributed by atoms with Gasteiger partial charge in [-0.2, -0.15) is 0 Å². The number of carbonyl (C=O) groups excluding carboxylic acids is 4. The molecule has 1 aromatic heterocycles. The number of anilines is 2. The monoisotopic (exact) mass is 587 g/mol. The highest BCUT2D eigenvalue weighted by Crippen LogP contribution is 2.36. The molecule has 4 rings (SSSR count). The Morgan fingerprint density at radius 3 is 2.36 bits per heavy atom. The first-order valence-electron chi connectivity index (χ1n) is 11.3. The van der Waals surface area contributed by atoms with Crippen LogP contribution in [0.4, 0.5) is 11.4 Å². The van der Waals surface area contributed by atoms with Gasteiger partial charge in [-0.25, -0.2) is 4.79 Å². The molecule has 3 amide bonds. The van der Waals surface area contributed by atoms with Gasteiger partial charge in [0.05, 0.1) is 30.5 Å². The zero-order chi connectivity index (χ0) is 28.3. The van der Waals surface area contributed by atoms with Crippen LogP contribution in [-0.4, -0.2) is 30.8 Å². The Hall–Kier alpha value is -4.05. The van der Waals surface area contributed by atoms with Crippen LogP contribution in [0.5, 0.6) is 0 Å². The molecule has 0 fully saturated rings. The predicted octanol–water partition coefficient (Wildman–Crippen LogP) is 5.37. The lowest BCUT2D eigenvalue weighted by Gasteiger charge is -2.18. The molecule has 0 radical (unpaired) electrons. The average molecular weight is 589 g/mol. The quantitative estimate of drug-likeness (QED) is 0.227. The van der Waals surface area contributed by atoms with Gasteiger partial charge in [0.15, 0.2) is 0 Å². The maximum Gasteiger partial charge on any atom is 0.340 e. The summed E-state index contributed by atoms with van der Waals surface area (Å²) in [5.74, 6) is -2.48. The fourth-order valence-electron chi connectivity index (χ4n) is 3.88. The summed E-state index contributed by atoms with van der Waals surface area (Å²) in [5, 5.41) is 5.86. The molecule has 0 unspecified atom stereocenters. The minimum Gasteiger partial charge on any atom is -0.465 e. The van der Waals surface area contributed by atoms with Gasteiger partial charge in [-0.05, 0) is 61.5 Å². The highest BCUT2D eigenvalue weighted by atomic mass is 35.5. The zero-order valence-corrected chi connectivity index (χ0v) is 22.8. The number of hydrogen-bond donors (Lipinski definition) is 2. The number of methoxy groups -OCH3 is 1. The van der Waals surface area contributed by atoms with Crippen LogP contribution in [0.2, 0.25) is 15.1 Å². The van der Waals surface area contributed by atoms with E-state index in [0.717, 1.165) is 0 Å². The Labute approximate surface area is 237 Å². The smallest absolute Gasteiger partial charge is 0.340 e. The third-order valence-corrected chi connectivity index (χ3v) is 6.25.